The van der Waals surface area contributed by atoms with Gasteiger partial charge in [-0.15, -0.1) is 6.42 Å². The third-order valence-electron chi connectivity index (χ3n) is 1.56. The molecule has 1 nitrogen and oxygen atoms in total. The van der Waals surface area contributed by atoms with E-state index in [4.69, 9.17) is 6.42 Å². The van der Waals surface area contributed by atoms with Crippen LogP contribution in [0.25, 0.3) is 0 Å². The van der Waals surface area contributed by atoms with Gasteiger partial charge in [-0.25, -0.2) is 8.78 Å². The summed E-state index contributed by atoms with van der Waals surface area (Å²) in [5, 5.41) is 2.81. The first-order valence-corrected chi connectivity index (χ1v) is 3.82. The Morgan fingerprint density at radius 3 is 2.77 bits per heavy atom. The molecule has 0 spiro atoms. The minimum absolute atomic E-state index is 0.316. The number of terminal acetylenes is 1. The summed E-state index contributed by atoms with van der Waals surface area (Å²) in [4.78, 5) is 0. The average molecular weight is 181 g/mol. The number of hydrogen-bond donors (Lipinski definition) is 1. The van der Waals surface area contributed by atoms with Crippen LogP contribution in [0.4, 0.5) is 8.78 Å². The Morgan fingerprint density at radius 2 is 2.15 bits per heavy atom. The summed E-state index contributed by atoms with van der Waals surface area (Å²) in [5.41, 5.74) is 0.414. The summed E-state index contributed by atoms with van der Waals surface area (Å²) < 4.78 is 25.4. The van der Waals surface area contributed by atoms with Gasteiger partial charge in [0.05, 0.1) is 6.54 Å². The second kappa shape index (κ2) is 4.58. The van der Waals surface area contributed by atoms with Crippen LogP contribution in [0.2, 0.25) is 0 Å². The van der Waals surface area contributed by atoms with E-state index in [1.165, 1.54) is 12.1 Å². The molecule has 0 bridgehead atoms. The zero-order valence-electron chi connectivity index (χ0n) is 6.98. The van der Waals surface area contributed by atoms with Crippen molar-refractivity contribution in [3.05, 3.63) is 35.4 Å². The normalized spacial score (nSPS) is 9.62. The highest BCUT2D eigenvalue weighted by molar-refractivity contribution is 5.18. The van der Waals surface area contributed by atoms with Gasteiger partial charge in [-0.1, -0.05) is 12.0 Å². The summed E-state index contributed by atoms with van der Waals surface area (Å²) >= 11 is 0. The fraction of sp³-hybridized carbons (Fsp3) is 0.200. The zero-order chi connectivity index (χ0) is 9.68. The van der Waals surface area contributed by atoms with Gasteiger partial charge >= 0.3 is 0 Å². The molecule has 3 heteroatoms. The van der Waals surface area contributed by atoms with Crippen molar-refractivity contribution in [1.29, 1.82) is 0 Å². The number of benzene rings is 1. The Morgan fingerprint density at radius 1 is 1.38 bits per heavy atom. The molecule has 1 aromatic rings. The van der Waals surface area contributed by atoms with Crippen LogP contribution in [0.5, 0.6) is 0 Å². The van der Waals surface area contributed by atoms with E-state index in [0.29, 0.717) is 18.7 Å². The standard InChI is InChI=1S/C10H9F2N/c1-2-5-13-7-8-3-4-9(11)6-10(8)12/h1,3-4,6,13H,5,7H2. The van der Waals surface area contributed by atoms with E-state index in [9.17, 15) is 8.78 Å². The third kappa shape index (κ3) is 2.85. The second-order valence-electron chi connectivity index (χ2n) is 2.54. The maximum absolute atomic E-state index is 12.9. The molecule has 0 saturated heterocycles. The van der Waals surface area contributed by atoms with E-state index in [-0.39, 0.29) is 0 Å². The predicted octanol–water partition coefficient (Wildman–Crippen LogP) is 1.69. The van der Waals surface area contributed by atoms with Crippen molar-refractivity contribution in [2.24, 2.45) is 0 Å². The smallest absolute Gasteiger partial charge is 0.130 e. The maximum atomic E-state index is 12.9. The molecule has 0 unspecified atom stereocenters. The minimum atomic E-state index is -0.571. The van der Waals surface area contributed by atoms with Crippen molar-refractivity contribution >= 4 is 0 Å². The van der Waals surface area contributed by atoms with Gasteiger partial charge in [0.15, 0.2) is 0 Å². The Labute approximate surface area is 75.8 Å². The monoisotopic (exact) mass is 181 g/mol. The molecular formula is C10H9F2N. The van der Waals surface area contributed by atoms with Gasteiger partial charge in [-0.2, -0.15) is 0 Å². The molecule has 0 aromatic heterocycles. The van der Waals surface area contributed by atoms with Gasteiger partial charge in [0.2, 0.25) is 0 Å². The molecule has 68 valence electrons. The molecule has 0 saturated carbocycles. The molecule has 1 N–H and O–H groups in total. The minimum Gasteiger partial charge on any atom is -0.302 e. The van der Waals surface area contributed by atoms with Gasteiger partial charge < -0.3 is 5.32 Å². The van der Waals surface area contributed by atoms with Gasteiger partial charge in [-0.05, 0) is 6.07 Å². The highest BCUT2D eigenvalue weighted by atomic mass is 19.1. The molecule has 0 radical (unpaired) electrons. The number of rotatable bonds is 3. The Bertz CT molecular complexity index is 328. The van der Waals surface area contributed by atoms with Crippen LogP contribution in [-0.4, -0.2) is 6.54 Å². The topological polar surface area (TPSA) is 12.0 Å². The quantitative estimate of drug-likeness (QED) is 0.552. The lowest BCUT2D eigenvalue weighted by molar-refractivity contribution is 0.565. The van der Waals surface area contributed by atoms with Crippen LogP contribution >= 0.6 is 0 Å². The van der Waals surface area contributed by atoms with Crippen LogP contribution in [0.1, 0.15) is 5.56 Å². The van der Waals surface area contributed by atoms with E-state index in [1.54, 1.807) is 0 Å². The summed E-state index contributed by atoms with van der Waals surface area (Å²) in [6, 6.07) is 3.47. The Balaban J connectivity index is 2.62. The molecule has 1 rings (SSSR count). The average Bonchev–Trinajstić information content (AvgIpc) is 2.09. The van der Waals surface area contributed by atoms with Gasteiger partial charge in [0.25, 0.3) is 0 Å². The fourth-order valence-corrected chi connectivity index (χ4v) is 0.934. The first kappa shape index (κ1) is 9.69. The molecule has 0 heterocycles. The van der Waals surface area contributed by atoms with Crippen LogP contribution < -0.4 is 5.32 Å². The van der Waals surface area contributed by atoms with Gasteiger partial charge in [0.1, 0.15) is 11.6 Å². The molecular weight excluding hydrogens is 172 g/mol. The van der Waals surface area contributed by atoms with Crippen molar-refractivity contribution in [2.45, 2.75) is 6.54 Å². The first-order chi connectivity index (χ1) is 6.24. The predicted molar refractivity (Wildman–Crippen MR) is 46.9 cm³/mol. The van der Waals surface area contributed by atoms with Crippen molar-refractivity contribution in [3.8, 4) is 12.3 Å². The summed E-state index contributed by atoms with van der Waals surface area (Å²) in [5.74, 6) is 1.24. The fourth-order valence-electron chi connectivity index (χ4n) is 0.934. The van der Waals surface area contributed by atoms with E-state index in [1.807, 2.05) is 0 Å². The van der Waals surface area contributed by atoms with E-state index in [2.05, 4.69) is 11.2 Å². The van der Waals surface area contributed by atoms with Crippen LogP contribution in [0, 0.1) is 24.0 Å². The third-order valence-corrected chi connectivity index (χ3v) is 1.56. The largest absolute Gasteiger partial charge is 0.302 e. The number of hydrogen-bond acceptors (Lipinski definition) is 1. The molecule has 0 aliphatic heterocycles. The molecule has 0 aliphatic carbocycles. The van der Waals surface area contributed by atoms with Gasteiger partial charge in [0, 0.05) is 18.2 Å². The number of nitrogens with one attached hydrogen (secondary N) is 1. The van der Waals surface area contributed by atoms with E-state index >= 15 is 0 Å². The van der Waals surface area contributed by atoms with Gasteiger partial charge in [-0.3, -0.25) is 0 Å². The van der Waals surface area contributed by atoms with Crippen molar-refractivity contribution < 1.29 is 8.78 Å². The second-order valence-corrected chi connectivity index (χ2v) is 2.54. The van der Waals surface area contributed by atoms with Crippen molar-refractivity contribution in [3.63, 3.8) is 0 Å². The highest BCUT2D eigenvalue weighted by Gasteiger charge is 2.01. The molecule has 0 amide bonds. The van der Waals surface area contributed by atoms with E-state index < -0.39 is 11.6 Å². The molecule has 0 aliphatic rings. The Hall–Kier alpha value is -1.40. The molecule has 0 atom stereocenters. The van der Waals surface area contributed by atoms with Crippen molar-refractivity contribution in [2.75, 3.05) is 6.54 Å². The zero-order valence-corrected chi connectivity index (χ0v) is 6.98. The maximum Gasteiger partial charge on any atom is 0.130 e. The molecule has 1 aromatic carbocycles. The Kier molecular flexibility index (Phi) is 3.41. The van der Waals surface area contributed by atoms with Crippen molar-refractivity contribution in [1.82, 2.24) is 5.32 Å². The lowest BCUT2D eigenvalue weighted by Gasteiger charge is -2.02. The SMILES string of the molecule is C#CCNCc1ccc(F)cc1F. The summed E-state index contributed by atoms with van der Waals surface area (Å²) in [6.07, 6.45) is 4.99. The first-order valence-electron chi connectivity index (χ1n) is 3.82. The number of halogens is 2. The van der Waals surface area contributed by atoms with Crippen LogP contribution in [0.3, 0.4) is 0 Å². The van der Waals surface area contributed by atoms with E-state index in [0.717, 1.165) is 6.07 Å². The highest BCUT2D eigenvalue weighted by Crippen LogP contribution is 2.08. The molecule has 13 heavy (non-hydrogen) atoms. The van der Waals surface area contributed by atoms with Crippen LogP contribution in [0.15, 0.2) is 18.2 Å². The lowest BCUT2D eigenvalue weighted by Crippen LogP contribution is -2.14. The van der Waals surface area contributed by atoms with Crippen LogP contribution in [-0.2, 0) is 6.54 Å². The lowest BCUT2D eigenvalue weighted by atomic mass is 10.2. The summed E-state index contributed by atoms with van der Waals surface area (Å²) in [6.45, 7) is 0.688. The summed E-state index contributed by atoms with van der Waals surface area (Å²) in [7, 11) is 0. The molecule has 0 fully saturated rings.